The van der Waals surface area contributed by atoms with Crippen LogP contribution in [0.5, 0.6) is 5.75 Å². The number of para-hydroxylation sites is 1. The van der Waals surface area contributed by atoms with Gasteiger partial charge in [-0.15, -0.1) is 0 Å². The van der Waals surface area contributed by atoms with Crippen LogP contribution in [0.25, 0.3) is 0 Å². The number of rotatable bonds is 6. The molecule has 0 aromatic heterocycles. The zero-order valence-corrected chi connectivity index (χ0v) is 15.7. The van der Waals surface area contributed by atoms with Gasteiger partial charge in [0, 0.05) is 32.0 Å². The van der Waals surface area contributed by atoms with Gasteiger partial charge in [-0.2, -0.15) is 0 Å². The molecule has 3 rings (SSSR count). The standard InChI is InChI=1S/C20H27N3O4/c1-27-17-5-3-2-4-14(17)6-8-18(24)22-12-10-15(11-13-22)23-16(20(21)26)7-9-19(23)25/h2-5,15-16H,6-13H2,1H3,(H2,21,26). The summed E-state index contributed by atoms with van der Waals surface area (Å²) in [4.78, 5) is 39.8. The average Bonchev–Trinajstić information content (AvgIpc) is 3.08. The van der Waals surface area contributed by atoms with Crippen molar-refractivity contribution >= 4 is 17.7 Å². The Balaban J connectivity index is 1.52. The number of hydrogen-bond donors (Lipinski definition) is 1. The van der Waals surface area contributed by atoms with E-state index in [-0.39, 0.29) is 17.9 Å². The molecule has 2 aliphatic rings. The van der Waals surface area contributed by atoms with Gasteiger partial charge in [-0.05, 0) is 37.3 Å². The molecule has 0 spiro atoms. The second-order valence-corrected chi connectivity index (χ2v) is 7.18. The van der Waals surface area contributed by atoms with Crippen LogP contribution in [0, 0.1) is 0 Å². The van der Waals surface area contributed by atoms with Gasteiger partial charge in [0.15, 0.2) is 0 Å². The van der Waals surface area contributed by atoms with Gasteiger partial charge in [0.2, 0.25) is 17.7 Å². The molecule has 0 aliphatic carbocycles. The monoisotopic (exact) mass is 373 g/mol. The Morgan fingerprint density at radius 3 is 2.56 bits per heavy atom. The Bertz CT molecular complexity index is 713. The highest BCUT2D eigenvalue weighted by atomic mass is 16.5. The minimum absolute atomic E-state index is 0.000232. The van der Waals surface area contributed by atoms with Crippen LogP contribution in [0.2, 0.25) is 0 Å². The van der Waals surface area contributed by atoms with Crippen LogP contribution in [0.3, 0.4) is 0 Å². The van der Waals surface area contributed by atoms with Gasteiger partial charge in [-0.3, -0.25) is 14.4 Å². The molecule has 2 heterocycles. The zero-order chi connectivity index (χ0) is 19.4. The Morgan fingerprint density at radius 1 is 1.19 bits per heavy atom. The molecule has 2 aliphatic heterocycles. The van der Waals surface area contributed by atoms with Crippen molar-refractivity contribution in [2.24, 2.45) is 5.73 Å². The van der Waals surface area contributed by atoms with E-state index < -0.39 is 11.9 Å². The highest BCUT2D eigenvalue weighted by molar-refractivity contribution is 5.90. The summed E-state index contributed by atoms with van der Waals surface area (Å²) in [6.07, 6.45) is 3.33. The number of carbonyl (C=O) groups excluding carboxylic acids is 3. The Hall–Kier alpha value is -2.57. The van der Waals surface area contributed by atoms with E-state index in [0.29, 0.717) is 51.6 Å². The Morgan fingerprint density at radius 2 is 1.89 bits per heavy atom. The fraction of sp³-hybridized carbons (Fsp3) is 0.550. The molecule has 146 valence electrons. The lowest BCUT2D eigenvalue weighted by atomic mass is 10.0. The van der Waals surface area contributed by atoms with Crippen molar-refractivity contribution in [2.75, 3.05) is 20.2 Å². The third kappa shape index (κ3) is 4.23. The number of methoxy groups -OCH3 is 1. The molecule has 2 fully saturated rings. The van der Waals surface area contributed by atoms with Crippen LogP contribution in [-0.4, -0.2) is 59.8 Å². The zero-order valence-electron chi connectivity index (χ0n) is 15.7. The maximum absolute atomic E-state index is 12.6. The van der Waals surface area contributed by atoms with Gasteiger partial charge in [0.25, 0.3) is 0 Å². The SMILES string of the molecule is COc1ccccc1CCC(=O)N1CCC(N2C(=O)CCC2C(N)=O)CC1. The van der Waals surface area contributed by atoms with E-state index in [0.717, 1.165) is 11.3 Å². The van der Waals surface area contributed by atoms with Gasteiger partial charge in [0.1, 0.15) is 11.8 Å². The third-order valence-corrected chi connectivity index (χ3v) is 5.60. The summed E-state index contributed by atoms with van der Waals surface area (Å²) in [6.45, 7) is 1.20. The summed E-state index contributed by atoms with van der Waals surface area (Å²) >= 11 is 0. The maximum atomic E-state index is 12.6. The largest absolute Gasteiger partial charge is 0.496 e. The lowest BCUT2D eigenvalue weighted by molar-refractivity contribution is -0.139. The van der Waals surface area contributed by atoms with E-state index >= 15 is 0 Å². The molecule has 3 amide bonds. The molecule has 2 saturated heterocycles. The molecule has 1 aromatic rings. The van der Waals surface area contributed by atoms with Crippen molar-refractivity contribution in [1.82, 2.24) is 9.80 Å². The number of nitrogens with zero attached hydrogens (tertiary/aromatic N) is 2. The minimum Gasteiger partial charge on any atom is -0.496 e. The number of ether oxygens (including phenoxy) is 1. The van der Waals surface area contributed by atoms with Gasteiger partial charge in [-0.1, -0.05) is 18.2 Å². The van der Waals surface area contributed by atoms with Gasteiger partial charge in [-0.25, -0.2) is 0 Å². The van der Waals surface area contributed by atoms with E-state index in [1.807, 2.05) is 29.2 Å². The number of amides is 3. The first kappa shape index (κ1) is 19.2. The second-order valence-electron chi connectivity index (χ2n) is 7.18. The van der Waals surface area contributed by atoms with Crippen LogP contribution >= 0.6 is 0 Å². The van der Waals surface area contributed by atoms with E-state index in [1.165, 1.54) is 0 Å². The molecule has 7 nitrogen and oxygen atoms in total. The van der Waals surface area contributed by atoms with Crippen LogP contribution in [-0.2, 0) is 20.8 Å². The number of benzene rings is 1. The number of nitrogens with two attached hydrogens (primary N) is 1. The molecule has 1 unspecified atom stereocenters. The first-order valence-electron chi connectivity index (χ1n) is 9.51. The predicted molar refractivity (Wildman–Crippen MR) is 100.0 cm³/mol. The number of hydrogen-bond acceptors (Lipinski definition) is 4. The summed E-state index contributed by atoms with van der Waals surface area (Å²) in [5.41, 5.74) is 6.47. The van der Waals surface area contributed by atoms with E-state index in [9.17, 15) is 14.4 Å². The first-order chi connectivity index (χ1) is 13.0. The maximum Gasteiger partial charge on any atom is 0.240 e. The van der Waals surface area contributed by atoms with E-state index in [1.54, 1.807) is 12.0 Å². The fourth-order valence-corrected chi connectivity index (χ4v) is 4.14. The molecular formula is C20H27N3O4. The molecule has 1 atom stereocenters. The number of carbonyl (C=O) groups is 3. The van der Waals surface area contributed by atoms with E-state index in [4.69, 9.17) is 10.5 Å². The highest BCUT2D eigenvalue weighted by Gasteiger charge is 2.40. The second kappa shape index (κ2) is 8.41. The topological polar surface area (TPSA) is 92.9 Å². The summed E-state index contributed by atoms with van der Waals surface area (Å²) in [7, 11) is 1.63. The highest BCUT2D eigenvalue weighted by Crippen LogP contribution is 2.27. The predicted octanol–water partition coefficient (Wildman–Crippen LogP) is 1.10. The first-order valence-corrected chi connectivity index (χ1v) is 9.51. The lowest BCUT2D eigenvalue weighted by Gasteiger charge is -2.38. The molecule has 1 aromatic carbocycles. The van der Waals surface area contributed by atoms with Crippen LogP contribution in [0.4, 0.5) is 0 Å². The Labute approximate surface area is 159 Å². The normalized spacial score (nSPS) is 20.8. The lowest BCUT2D eigenvalue weighted by Crippen LogP contribution is -2.52. The quantitative estimate of drug-likeness (QED) is 0.808. The summed E-state index contributed by atoms with van der Waals surface area (Å²) in [5, 5.41) is 0. The van der Waals surface area contributed by atoms with Crippen LogP contribution in [0.15, 0.2) is 24.3 Å². The Kier molecular flexibility index (Phi) is 5.98. The van der Waals surface area contributed by atoms with Gasteiger partial charge >= 0.3 is 0 Å². The molecule has 7 heteroatoms. The van der Waals surface area contributed by atoms with Crippen molar-refractivity contribution in [3.8, 4) is 5.75 Å². The summed E-state index contributed by atoms with van der Waals surface area (Å²) in [5.74, 6) is 0.475. The smallest absolute Gasteiger partial charge is 0.240 e. The summed E-state index contributed by atoms with van der Waals surface area (Å²) in [6, 6.07) is 7.23. The van der Waals surface area contributed by atoms with Crippen molar-refractivity contribution in [3.05, 3.63) is 29.8 Å². The van der Waals surface area contributed by atoms with Crippen molar-refractivity contribution in [3.63, 3.8) is 0 Å². The molecular weight excluding hydrogens is 346 g/mol. The molecule has 27 heavy (non-hydrogen) atoms. The fourth-order valence-electron chi connectivity index (χ4n) is 4.14. The van der Waals surface area contributed by atoms with Crippen molar-refractivity contribution in [2.45, 2.75) is 50.6 Å². The van der Waals surface area contributed by atoms with Crippen LogP contribution in [0.1, 0.15) is 37.7 Å². The van der Waals surface area contributed by atoms with Crippen molar-refractivity contribution in [1.29, 1.82) is 0 Å². The van der Waals surface area contributed by atoms with Gasteiger partial charge < -0.3 is 20.3 Å². The number of piperidine rings is 1. The number of likely N-dealkylation sites (tertiary alicyclic amines) is 2. The molecule has 0 bridgehead atoms. The summed E-state index contributed by atoms with van der Waals surface area (Å²) < 4.78 is 5.33. The van der Waals surface area contributed by atoms with Crippen LogP contribution < -0.4 is 10.5 Å². The number of aryl methyl sites for hydroxylation is 1. The average molecular weight is 373 g/mol. The molecule has 0 saturated carbocycles. The van der Waals surface area contributed by atoms with Crippen molar-refractivity contribution < 1.29 is 19.1 Å². The molecule has 2 N–H and O–H groups in total. The third-order valence-electron chi connectivity index (χ3n) is 5.60. The molecule has 0 radical (unpaired) electrons. The minimum atomic E-state index is -0.490. The van der Waals surface area contributed by atoms with Gasteiger partial charge in [0.05, 0.1) is 7.11 Å². The van der Waals surface area contributed by atoms with E-state index in [2.05, 4.69) is 0 Å². The number of primary amides is 1.